The summed E-state index contributed by atoms with van der Waals surface area (Å²) in [5.41, 5.74) is 10.9. The van der Waals surface area contributed by atoms with Gasteiger partial charge in [-0.2, -0.15) is 5.10 Å². The van der Waals surface area contributed by atoms with E-state index in [4.69, 9.17) is 5.73 Å². The van der Waals surface area contributed by atoms with Crippen molar-refractivity contribution in [1.29, 1.82) is 0 Å². The summed E-state index contributed by atoms with van der Waals surface area (Å²) in [7, 11) is 0. The van der Waals surface area contributed by atoms with Gasteiger partial charge in [0.25, 0.3) is 0 Å². The largest absolute Gasteiger partial charge is 0.377 e. The molecule has 0 amide bonds. The van der Waals surface area contributed by atoms with E-state index in [2.05, 4.69) is 80.7 Å². The molecule has 5 nitrogen and oxygen atoms in total. The van der Waals surface area contributed by atoms with E-state index in [-0.39, 0.29) is 0 Å². The number of thioether (sulfide) groups is 1. The van der Waals surface area contributed by atoms with Gasteiger partial charge in [-0.1, -0.05) is 90.6 Å². The van der Waals surface area contributed by atoms with Gasteiger partial charge in [0.1, 0.15) is 0 Å². The fraction of sp³-hybridized carbons (Fsp3) is 0.231. The van der Waals surface area contributed by atoms with Crippen molar-refractivity contribution < 1.29 is 0 Å². The summed E-state index contributed by atoms with van der Waals surface area (Å²) in [6, 6.07) is 29.3. The van der Waals surface area contributed by atoms with E-state index in [0.717, 1.165) is 44.0 Å². The first kappa shape index (κ1) is 22.1. The molecule has 0 radical (unpaired) electrons. The van der Waals surface area contributed by atoms with Crippen molar-refractivity contribution >= 4 is 28.8 Å². The summed E-state index contributed by atoms with van der Waals surface area (Å²) in [4.78, 5) is 4.94. The summed E-state index contributed by atoms with van der Waals surface area (Å²) in [6.07, 6.45) is 1.81. The van der Waals surface area contributed by atoms with Crippen molar-refractivity contribution in [2.24, 2.45) is 15.9 Å². The van der Waals surface area contributed by atoms with Gasteiger partial charge in [0.2, 0.25) is 0 Å². The summed E-state index contributed by atoms with van der Waals surface area (Å²) < 4.78 is 0. The van der Waals surface area contributed by atoms with Gasteiger partial charge in [0.05, 0.1) is 6.21 Å². The molecule has 1 aliphatic heterocycles. The van der Waals surface area contributed by atoms with Crippen LogP contribution in [0.25, 0.3) is 0 Å². The number of nitrogens with zero attached hydrogens (tertiary/aromatic N) is 4. The maximum Gasteiger partial charge on any atom is 0.180 e. The molecule has 3 aromatic carbocycles. The molecule has 3 aromatic rings. The average Bonchev–Trinajstić information content (AvgIpc) is 2.85. The Kier molecular flexibility index (Phi) is 7.95. The number of rotatable bonds is 7. The zero-order chi connectivity index (χ0) is 22.0. The van der Waals surface area contributed by atoms with Crippen LogP contribution in [-0.2, 0) is 12.3 Å². The van der Waals surface area contributed by atoms with Gasteiger partial charge in [-0.25, -0.2) is 0 Å². The lowest BCUT2D eigenvalue weighted by atomic mass is 10.1. The zero-order valence-electron chi connectivity index (χ0n) is 18.2. The molecule has 0 aliphatic carbocycles. The first-order valence-electron chi connectivity index (χ1n) is 10.9. The summed E-state index contributed by atoms with van der Waals surface area (Å²) in [6.45, 7) is 5.08. The minimum absolute atomic E-state index is 0.470. The minimum atomic E-state index is 0.470. The molecule has 1 fully saturated rings. The Morgan fingerprint density at radius 2 is 1.44 bits per heavy atom. The Balaban J connectivity index is 1.32. The van der Waals surface area contributed by atoms with Gasteiger partial charge in [0, 0.05) is 49.7 Å². The smallest absolute Gasteiger partial charge is 0.180 e. The molecule has 0 aromatic heterocycles. The molecule has 0 saturated carbocycles. The molecule has 6 heteroatoms. The molecule has 0 atom stereocenters. The lowest BCUT2D eigenvalue weighted by Gasteiger charge is -2.36. The van der Waals surface area contributed by atoms with Crippen molar-refractivity contribution in [3.63, 3.8) is 0 Å². The first-order valence-corrected chi connectivity index (χ1v) is 11.9. The van der Waals surface area contributed by atoms with Crippen LogP contribution >= 0.6 is 11.8 Å². The number of anilines is 1. The number of amidine groups is 1. The Morgan fingerprint density at radius 3 is 2.16 bits per heavy atom. The lowest BCUT2D eigenvalue weighted by molar-refractivity contribution is 0.250. The minimum Gasteiger partial charge on any atom is -0.377 e. The van der Waals surface area contributed by atoms with Crippen LogP contribution in [-0.4, -0.2) is 42.5 Å². The Hall–Kier alpha value is -3.09. The number of hydrogen-bond acceptors (Lipinski definition) is 5. The number of benzene rings is 3. The van der Waals surface area contributed by atoms with Crippen molar-refractivity contribution in [2.45, 2.75) is 12.3 Å². The van der Waals surface area contributed by atoms with Crippen LogP contribution in [0.15, 0.2) is 95.1 Å². The van der Waals surface area contributed by atoms with Crippen molar-refractivity contribution in [1.82, 2.24) is 4.90 Å². The molecule has 0 spiro atoms. The maximum absolute atomic E-state index is 6.03. The number of para-hydroxylation sites is 1. The van der Waals surface area contributed by atoms with E-state index >= 15 is 0 Å². The van der Waals surface area contributed by atoms with E-state index < -0.39 is 0 Å². The first-order chi connectivity index (χ1) is 15.8. The van der Waals surface area contributed by atoms with Gasteiger partial charge in [-0.15, -0.1) is 5.10 Å². The second-order valence-corrected chi connectivity index (χ2v) is 8.76. The van der Waals surface area contributed by atoms with Crippen LogP contribution in [0, 0.1) is 0 Å². The van der Waals surface area contributed by atoms with Crippen LogP contribution < -0.4 is 10.6 Å². The average molecular weight is 444 g/mol. The number of nitrogens with two attached hydrogens (primary N) is 1. The highest BCUT2D eigenvalue weighted by Gasteiger charge is 2.18. The Morgan fingerprint density at radius 1 is 0.812 bits per heavy atom. The molecule has 32 heavy (non-hydrogen) atoms. The van der Waals surface area contributed by atoms with Gasteiger partial charge >= 0.3 is 0 Å². The molecule has 1 saturated heterocycles. The maximum atomic E-state index is 6.03. The molecule has 1 heterocycles. The highest BCUT2D eigenvalue weighted by Crippen LogP contribution is 2.21. The van der Waals surface area contributed by atoms with E-state index in [1.165, 1.54) is 28.6 Å². The van der Waals surface area contributed by atoms with Gasteiger partial charge in [-0.3, -0.25) is 4.90 Å². The van der Waals surface area contributed by atoms with Crippen LogP contribution in [0.5, 0.6) is 0 Å². The normalized spacial score (nSPS) is 15.4. The van der Waals surface area contributed by atoms with Crippen LogP contribution in [0.1, 0.15) is 16.7 Å². The van der Waals surface area contributed by atoms with Gasteiger partial charge in [-0.05, 0) is 17.2 Å². The van der Waals surface area contributed by atoms with Crippen LogP contribution in [0.3, 0.4) is 0 Å². The Labute approximate surface area is 194 Å². The fourth-order valence-electron chi connectivity index (χ4n) is 3.78. The molecular formula is C26H29N5S. The van der Waals surface area contributed by atoms with Crippen molar-refractivity contribution in [3.8, 4) is 0 Å². The quantitative estimate of drug-likeness (QED) is 0.330. The lowest BCUT2D eigenvalue weighted by Crippen LogP contribution is -2.46. The number of hydrogen-bond donors (Lipinski definition) is 1. The summed E-state index contributed by atoms with van der Waals surface area (Å²) >= 11 is 1.50. The Bertz CT molecular complexity index is 1030. The molecule has 1 aliphatic rings. The molecular weight excluding hydrogens is 414 g/mol. The third-order valence-corrected chi connectivity index (χ3v) is 6.34. The third kappa shape index (κ3) is 6.45. The predicted octanol–water partition coefficient (Wildman–Crippen LogP) is 4.59. The highest BCUT2D eigenvalue weighted by atomic mass is 32.2. The fourth-order valence-corrected chi connectivity index (χ4v) is 4.39. The molecule has 0 bridgehead atoms. The van der Waals surface area contributed by atoms with Gasteiger partial charge in [0.15, 0.2) is 5.17 Å². The predicted molar refractivity (Wildman–Crippen MR) is 137 cm³/mol. The molecule has 164 valence electrons. The number of piperazine rings is 1. The second-order valence-electron chi connectivity index (χ2n) is 7.76. The highest BCUT2D eigenvalue weighted by molar-refractivity contribution is 8.13. The van der Waals surface area contributed by atoms with Crippen molar-refractivity contribution in [3.05, 3.63) is 102 Å². The monoisotopic (exact) mass is 443 g/mol. The van der Waals surface area contributed by atoms with Crippen molar-refractivity contribution in [2.75, 3.05) is 31.1 Å². The summed E-state index contributed by atoms with van der Waals surface area (Å²) in [5, 5.41) is 8.91. The van der Waals surface area contributed by atoms with E-state index in [0.29, 0.717) is 5.17 Å². The third-order valence-electron chi connectivity index (χ3n) is 5.48. The standard InChI is InChI=1S/C26H29N5S/c27-26(32-21-23-11-5-2-6-12-23)29-28-19-24-13-7-8-14-25(24)31-17-15-30(16-18-31)20-22-9-3-1-4-10-22/h1-14,19H,15-18,20-21H2,(H2,27,29). The molecule has 2 N–H and O–H groups in total. The molecule has 0 unspecified atom stereocenters. The topological polar surface area (TPSA) is 57.2 Å². The van der Waals surface area contributed by atoms with Crippen LogP contribution in [0.4, 0.5) is 5.69 Å². The van der Waals surface area contributed by atoms with Gasteiger partial charge < -0.3 is 10.6 Å². The molecule has 4 rings (SSSR count). The van der Waals surface area contributed by atoms with E-state index in [1.807, 2.05) is 30.5 Å². The SMILES string of the molecule is NC(=NN=Cc1ccccc1N1CCN(Cc2ccccc2)CC1)SCc1ccccc1. The second kappa shape index (κ2) is 11.5. The van der Waals surface area contributed by atoms with E-state index in [1.54, 1.807) is 0 Å². The summed E-state index contributed by atoms with van der Waals surface area (Å²) in [5.74, 6) is 0.787. The van der Waals surface area contributed by atoms with Crippen LogP contribution in [0.2, 0.25) is 0 Å². The zero-order valence-corrected chi connectivity index (χ0v) is 19.0. The van der Waals surface area contributed by atoms with E-state index in [9.17, 15) is 0 Å².